The van der Waals surface area contributed by atoms with E-state index < -0.39 is 5.82 Å². The molecule has 118 valence electrons. The van der Waals surface area contributed by atoms with Gasteiger partial charge in [-0.15, -0.1) is 0 Å². The van der Waals surface area contributed by atoms with Crippen LogP contribution in [0.1, 0.15) is 31.2 Å². The number of urea groups is 1. The van der Waals surface area contributed by atoms with Gasteiger partial charge < -0.3 is 15.3 Å². The lowest BCUT2D eigenvalue weighted by molar-refractivity contribution is 0.139. The minimum absolute atomic E-state index is 0.103. The fourth-order valence-corrected chi connectivity index (χ4v) is 2.80. The standard InChI is InChI=1S/C16H20FN3O2/c1-20(14-5-2-11(10-21)3-6-14)16(22)19-15-7-4-13(17)8-12(15)9-18/h4,7-8,11,14,21H,2-3,5-6,10H2,1H3,(H,19,22). The molecule has 0 bridgehead atoms. The highest BCUT2D eigenvalue weighted by atomic mass is 19.1. The van der Waals surface area contributed by atoms with E-state index >= 15 is 0 Å². The van der Waals surface area contributed by atoms with Crippen LogP contribution in [0.2, 0.25) is 0 Å². The average Bonchev–Trinajstić information content (AvgIpc) is 2.55. The lowest BCUT2D eigenvalue weighted by atomic mass is 9.86. The molecule has 0 spiro atoms. The van der Waals surface area contributed by atoms with E-state index in [-0.39, 0.29) is 24.2 Å². The number of carbonyl (C=O) groups excluding carboxylic acids is 1. The Morgan fingerprint density at radius 2 is 2.14 bits per heavy atom. The molecule has 1 aliphatic carbocycles. The Kier molecular flexibility index (Phi) is 5.34. The number of amides is 2. The molecule has 22 heavy (non-hydrogen) atoms. The van der Waals surface area contributed by atoms with Gasteiger partial charge in [-0.1, -0.05) is 0 Å². The number of benzene rings is 1. The zero-order valence-corrected chi connectivity index (χ0v) is 12.6. The minimum Gasteiger partial charge on any atom is -0.396 e. The largest absolute Gasteiger partial charge is 0.396 e. The topological polar surface area (TPSA) is 76.4 Å². The number of anilines is 1. The van der Waals surface area contributed by atoms with Gasteiger partial charge in [0.2, 0.25) is 0 Å². The molecule has 0 atom stereocenters. The number of carbonyl (C=O) groups is 1. The maximum atomic E-state index is 13.1. The highest BCUT2D eigenvalue weighted by Crippen LogP contribution is 2.27. The van der Waals surface area contributed by atoms with Gasteiger partial charge in [0.05, 0.1) is 11.3 Å². The monoisotopic (exact) mass is 305 g/mol. The predicted octanol–water partition coefficient (Wildman–Crippen LogP) is 2.71. The molecule has 0 saturated heterocycles. The minimum atomic E-state index is -0.509. The van der Waals surface area contributed by atoms with Crippen molar-refractivity contribution in [1.29, 1.82) is 5.26 Å². The molecule has 0 unspecified atom stereocenters. The van der Waals surface area contributed by atoms with Gasteiger partial charge in [0, 0.05) is 19.7 Å². The molecule has 5 nitrogen and oxygen atoms in total. The quantitative estimate of drug-likeness (QED) is 0.901. The number of aliphatic hydroxyl groups is 1. The van der Waals surface area contributed by atoms with Crippen LogP contribution in [0.5, 0.6) is 0 Å². The summed E-state index contributed by atoms with van der Waals surface area (Å²) >= 11 is 0. The number of hydrogen-bond acceptors (Lipinski definition) is 3. The second-order valence-corrected chi connectivity index (χ2v) is 5.70. The van der Waals surface area contributed by atoms with Crippen molar-refractivity contribution in [1.82, 2.24) is 4.90 Å². The summed E-state index contributed by atoms with van der Waals surface area (Å²) < 4.78 is 13.1. The number of rotatable bonds is 3. The Labute approximate surface area is 129 Å². The van der Waals surface area contributed by atoms with Gasteiger partial charge in [-0.25, -0.2) is 9.18 Å². The van der Waals surface area contributed by atoms with E-state index in [4.69, 9.17) is 10.4 Å². The molecule has 1 aromatic rings. The highest BCUT2D eigenvalue weighted by Gasteiger charge is 2.26. The number of hydrogen-bond donors (Lipinski definition) is 2. The fraction of sp³-hybridized carbons (Fsp3) is 0.500. The van der Waals surface area contributed by atoms with Crippen LogP contribution < -0.4 is 5.32 Å². The zero-order valence-electron chi connectivity index (χ0n) is 12.6. The summed E-state index contributed by atoms with van der Waals surface area (Å²) in [6.07, 6.45) is 3.50. The molecule has 1 aliphatic rings. The van der Waals surface area contributed by atoms with Crippen LogP contribution in [-0.4, -0.2) is 35.7 Å². The van der Waals surface area contributed by atoms with E-state index in [0.717, 1.165) is 31.7 Å². The molecule has 2 N–H and O–H groups in total. The third-order valence-corrected chi connectivity index (χ3v) is 4.29. The van der Waals surface area contributed by atoms with Crippen molar-refractivity contribution in [2.45, 2.75) is 31.7 Å². The summed E-state index contributed by atoms with van der Waals surface area (Å²) in [5.41, 5.74) is 0.413. The zero-order chi connectivity index (χ0) is 16.1. The third kappa shape index (κ3) is 3.74. The summed E-state index contributed by atoms with van der Waals surface area (Å²) in [5, 5.41) is 20.8. The fourth-order valence-electron chi connectivity index (χ4n) is 2.80. The Morgan fingerprint density at radius 3 is 2.73 bits per heavy atom. The van der Waals surface area contributed by atoms with Gasteiger partial charge in [-0.2, -0.15) is 5.26 Å². The van der Waals surface area contributed by atoms with E-state index in [1.165, 1.54) is 12.1 Å². The number of nitrogens with zero attached hydrogens (tertiary/aromatic N) is 2. The van der Waals surface area contributed by atoms with Crippen LogP contribution in [0.15, 0.2) is 18.2 Å². The molecule has 2 amide bonds. The Morgan fingerprint density at radius 1 is 1.45 bits per heavy atom. The summed E-state index contributed by atoms with van der Waals surface area (Å²) in [6, 6.07) is 5.38. The first-order valence-electron chi connectivity index (χ1n) is 7.39. The first-order chi connectivity index (χ1) is 10.5. The van der Waals surface area contributed by atoms with Crippen molar-refractivity contribution in [2.24, 2.45) is 5.92 Å². The maximum absolute atomic E-state index is 13.1. The normalized spacial score (nSPS) is 21.0. The van der Waals surface area contributed by atoms with E-state index in [1.807, 2.05) is 6.07 Å². The predicted molar refractivity (Wildman–Crippen MR) is 80.7 cm³/mol. The van der Waals surface area contributed by atoms with Crippen molar-refractivity contribution < 1.29 is 14.3 Å². The molecule has 0 aromatic heterocycles. The van der Waals surface area contributed by atoms with Crippen LogP contribution in [0.3, 0.4) is 0 Å². The molecule has 1 saturated carbocycles. The van der Waals surface area contributed by atoms with E-state index in [9.17, 15) is 9.18 Å². The first-order valence-corrected chi connectivity index (χ1v) is 7.39. The van der Waals surface area contributed by atoms with Crippen LogP contribution >= 0.6 is 0 Å². The number of aliphatic hydroxyl groups excluding tert-OH is 1. The van der Waals surface area contributed by atoms with Crippen LogP contribution in [0.4, 0.5) is 14.9 Å². The van der Waals surface area contributed by atoms with Gasteiger partial charge in [0.25, 0.3) is 0 Å². The van der Waals surface area contributed by atoms with E-state index in [0.29, 0.717) is 11.6 Å². The maximum Gasteiger partial charge on any atom is 0.321 e. The van der Waals surface area contributed by atoms with Crippen molar-refractivity contribution in [3.05, 3.63) is 29.6 Å². The van der Waals surface area contributed by atoms with Gasteiger partial charge in [-0.3, -0.25) is 0 Å². The molecule has 0 heterocycles. The number of halogens is 1. The molecule has 6 heteroatoms. The molecular formula is C16H20FN3O2. The highest BCUT2D eigenvalue weighted by molar-refractivity contribution is 5.90. The summed E-state index contributed by atoms with van der Waals surface area (Å²) in [7, 11) is 1.72. The first kappa shape index (κ1) is 16.2. The van der Waals surface area contributed by atoms with Gasteiger partial charge in [0.1, 0.15) is 11.9 Å². The van der Waals surface area contributed by atoms with Crippen LogP contribution in [0.25, 0.3) is 0 Å². The lowest BCUT2D eigenvalue weighted by Crippen LogP contribution is -2.42. The number of nitrogens with one attached hydrogen (secondary N) is 1. The molecule has 1 fully saturated rings. The van der Waals surface area contributed by atoms with E-state index in [2.05, 4.69) is 5.32 Å². The van der Waals surface area contributed by atoms with Crippen molar-refractivity contribution in [3.63, 3.8) is 0 Å². The Bertz CT molecular complexity index is 577. The smallest absolute Gasteiger partial charge is 0.321 e. The summed E-state index contributed by atoms with van der Waals surface area (Å²) in [4.78, 5) is 13.9. The Balaban J connectivity index is 1.99. The summed E-state index contributed by atoms with van der Waals surface area (Å²) in [6.45, 7) is 0.198. The average molecular weight is 305 g/mol. The van der Waals surface area contributed by atoms with Crippen molar-refractivity contribution in [3.8, 4) is 6.07 Å². The summed E-state index contributed by atoms with van der Waals surface area (Å²) in [5.74, 6) is -0.180. The van der Waals surface area contributed by atoms with Crippen LogP contribution in [0, 0.1) is 23.1 Å². The second-order valence-electron chi connectivity index (χ2n) is 5.70. The molecule has 1 aromatic carbocycles. The van der Waals surface area contributed by atoms with Crippen molar-refractivity contribution in [2.75, 3.05) is 19.0 Å². The number of nitriles is 1. The van der Waals surface area contributed by atoms with Gasteiger partial charge in [0.15, 0.2) is 0 Å². The van der Waals surface area contributed by atoms with Gasteiger partial charge >= 0.3 is 6.03 Å². The van der Waals surface area contributed by atoms with Crippen molar-refractivity contribution >= 4 is 11.7 Å². The SMILES string of the molecule is CN(C(=O)Nc1ccc(F)cc1C#N)C1CCC(CO)CC1. The second kappa shape index (κ2) is 7.23. The Hall–Kier alpha value is -2.13. The molecule has 0 radical (unpaired) electrons. The molecule has 2 rings (SSSR count). The van der Waals surface area contributed by atoms with Gasteiger partial charge in [-0.05, 0) is 49.8 Å². The molecular weight excluding hydrogens is 285 g/mol. The third-order valence-electron chi connectivity index (χ3n) is 4.29. The molecule has 0 aliphatic heterocycles. The van der Waals surface area contributed by atoms with E-state index in [1.54, 1.807) is 11.9 Å². The van der Waals surface area contributed by atoms with Crippen LogP contribution in [-0.2, 0) is 0 Å². The lowest BCUT2D eigenvalue weighted by Gasteiger charge is -2.34.